The van der Waals surface area contributed by atoms with E-state index >= 15 is 0 Å². The standard InChI is InChI=1S/C16H18ClN3O4S/c1-3-11(2)18-14(21)10-20-16(22)9-8-15(19-20)25(23,24)13-6-4-12(17)5-7-13/h4-9,11H,3,10H2,1-2H3,(H,18,21). The Labute approximate surface area is 150 Å². The summed E-state index contributed by atoms with van der Waals surface area (Å²) in [5.41, 5.74) is -0.561. The number of halogens is 1. The summed E-state index contributed by atoms with van der Waals surface area (Å²) in [4.78, 5) is 23.8. The minimum absolute atomic E-state index is 0.00124. The van der Waals surface area contributed by atoms with Gasteiger partial charge in [-0.1, -0.05) is 18.5 Å². The molecule has 0 aliphatic rings. The van der Waals surface area contributed by atoms with E-state index in [4.69, 9.17) is 11.6 Å². The van der Waals surface area contributed by atoms with E-state index in [0.717, 1.165) is 23.2 Å². The van der Waals surface area contributed by atoms with Crippen molar-refractivity contribution in [3.05, 3.63) is 51.8 Å². The maximum absolute atomic E-state index is 12.6. The third-order valence-corrected chi connectivity index (χ3v) is 5.47. The van der Waals surface area contributed by atoms with E-state index in [1.54, 1.807) is 0 Å². The molecule has 1 aromatic carbocycles. The van der Waals surface area contributed by atoms with Crippen molar-refractivity contribution in [2.24, 2.45) is 0 Å². The monoisotopic (exact) mass is 383 g/mol. The number of carbonyl (C=O) groups excluding carboxylic acids is 1. The highest BCUT2D eigenvalue weighted by atomic mass is 35.5. The van der Waals surface area contributed by atoms with Crippen molar-refractivity contribution in [3.8, 4) is 0 Å². The lowest BCUT2D eigenvalue weighted by Crippen LogP contribution is -2.38. The summed E-state index contributed by atoms with van der Waals surface area (Å²) in [6.45, 7) is 3.39. The summed E-state index contributed by atoms with van der Waals surface area (Å²) >= 11 is 5.76. The lowest BCUT2D eigenvalue weighted by molar-refractivity contribution is -0.122. The lowest BCUT2D eigenvalue weighted by Gasteiger charge is -2.12. The number of hydrogen-bond acceptors (Lipinski definition) is 5. The van der Waals surface area contributed by atoms with Gasteiger partial charge in [-0.15, -0.1) is 0 Å². The highest BCUT2D eigenvalue weighted by Crippen LogP contribution is 2.20. The molecule has 0 saturated carbocycles. The number of amides is 1. The first-order chi connectivity index (χ1) is 11.7. The van der Waals surface area contributed by atoms with E-state index in [9.17, 15) is 18.0 Å². The molecule has 0 aliphatic heterocycles. The van der Waals surface area contributed by atoms with E-state index in [0.29, 0.717) is 5.02 Å². The summed E-state index contributed by atoms with van der Waals surface area (Å²) in [6, 6.07) is 7.74. The first kappa shape index (κ1) is 19.1. The molecule has 1 unspecified atom stereocenters. The molecule has 1 amide bonds. The Kier molecular flexibility index (Phi) is 5.97. The minimum Gasteiger partial charge on any atom is -0.352 e. The Balaban J connectivity index is 2.33. The predicted octanol–water partition coefficient (Wildman–Crippen LogP) is 1.64. The number of aromatic nitrogens is 2. The van der Waals surface area contributed by atoms with Crippen LogP contribution in [0.25, 0.3) is 0 Å². The second-order valence-corrected chi connectivity index (χ2v) is 7.83. The zero-order valence-corrected chi connectivity index (χ0v) is 15.3. The third kappa shape index (κ3) is 4.67. The second kappa shape index (κ2) is 7.79. The van der Waals surface area contributed by atoms with Gasteiger partial charge in [0.25, 0.3) is 5.56 Å². The highest BCUT2D eigenvalue weighted by molar-refractivity contribution is 7.91. The minimum atomic E-state index is -3.92. The molecule has 0 spiro atoms. The van der Waals surface area contributed by atoms with Crippen LogP contribution in [0.4, 0.5) is 0 Å². The Morgan fingerprint density at radius 2 is 1.88 bits per heavy atom. The SMILES string of the molecule is CCC(C)NC(=O)Cn1nc(S(=O)(=O)c2ccc(Cl)cc2)ccc1=O. The molecular weight excluding hydrogens is 366 g/mol. The van der Waals surface area contributed by atoms with Crippen LogP contribution in [0.1, 0.15) is 20.3 Å². The summed E-state index contributed by atoms with van der Waals surface area (Å²) < 4.78 is 26.0. The summed E-state index contributed by atoms with van der Waals surface area (Å²) in [7, 11) is -3.92. The van der Waals surface area contributed by atoms with Crippen LogP contribution < -0.4 is 10.9 Å². The molecule has 1 N–H and O–H groups in total. The maximum Gasteiger partial charge on any atom is 0.267 e. The summed E-state index contributed by atoms with van der Waals surface area (Å²) in [5, 5.41) is 6.62. The average molecular weight is 384 g/mol. The smallest absolute Gasteiger partial charge is 0.267 e. The van der Waals surface area contributed by atoms with Crippen molar-refractivity contribution in [2.45, 2.75) is 42.8 Å². The maximum atomic E-state index is 12.6. The number of nitrogens with one attached hydrogen (secondary N) is 1. The van der Waals surface area contributed by atoms with Gasteiger partial charge in [-0.3, -0.25) is 9.59 Å². The first-order valence-corrected chi connectivity index (χ1v) is 9.48. The van der Waals surface area contributed by atoms with E-state index in [1.165, 1.54) is 24.3 Å². The van der Waals surface area contributed by atoms with Crippen molar-refractivity contribution >= 4 is 27.3 Å². The first-order valence-electron chi connectivity index (χ1n) is 7.62. The van der Waals surface area contributed by atoms with Crippen molar-refractivity contribution in [1.82, 2.24) is 15.1 Å². The number of carbonyl (C=O) groups is 1. The van der Waals surface area contributed by atoms with Crippen LogP contribution >= 0.6 is 11.6 Å². The van der Waals surface area contributed by atoms with Crippen molar-refractivity contribution in [2.75, 3.05) is 0 Å². The number of sulfone groups is 1. The third-order valence-electron chi connectivity index (χ3n) is 3.55. The molecule has 1 aromatic heterocycles. The topological polar surface area (TPSA) is 98.1 Å². The van der Waals surface area contributed by atoms with E-state index in [1.807, 2.05) is 13.8 Å². The van der Waals surface area contributed by atoms with Gasteiger partial charge in [0.05, 0.1) is 4.90 Å². The van der Waals surface area contributed by atoms with Crippen molar-refractivity contribution in [3.63, 3.8) is 0 Å². The molecule has 7 nitrogen and oxygen atoms in total. The molecule has 1 heterocycles. The van der Waals surface area contributed by atoms with Gasteiger partial charge in [-0.05, 0) is 43.7 Å². The van der Waals surface area contributed by atoms with Crippen LogP contribution in [-0.4, -0.2) is 30.1 Å². The van der Waals surface area contributed by atoms with E-state index < -0.39 is 21.3 Å². The predicted molar refractivity (Wildman–Crippen MR) is 93.3 cm³/mol. The molecule has 134 valence electrons. The molecular formula is C16H18ClN3O4S. The van der Waals surface area contributed by atoms with Gasteiger partial charge in [0.2, 0.25) is 15.7 Å². The molecule has 9 heteroatoms. The summed E-state index contributed by atoms with van der Waals surface area (Å²) in [6.07, 6.45) is 0.735. The Hall–Kier alpha value is -2.19. The van der Waals surface area contributed by atoms with Gasteiger partial charge in [-0.25, -0.2) is 13.1 Å². The molecule has 0 bridgehead atoms. The van der Waals surface area contributed by atoms with Crippen molar-refractivity contribution < 1.29 is 13.2 Å². The molecule has 0 fully saturated rings. The number of benzene rings is 1. The zero-order chi connectivity index (χ0) is 18.6. The zero-order valence-electron chi connectivity index (χ0n) is 13.8. The van der Waals surface area contributed by atoms with E-state index in [-0.39, 0.29) is 22.5 Å². The van der Waals surface area contributed by atoms with Crippen LogP contribution in [0.3, 0.4) is 0 Å². The Morgan fingerprint density at radius 3 is 2.48 bits per heavy atom. The molecule has 2 aromatic rings. The molecule has 25 heavy (non-hydrogen) atoms. The number of nitrogens with zero attached hydrogens (tertiary/aromatic N) is 2. The largest absolute Gasteiger partial charge is 0.352 e. The Morgan fingerprint density at radius 1 is 1.24 bits per heavy atom. The fourth-order valence-electron chi connectivity index (χ4n) is 1.98. The normalized spacial score (nSPS) is 12.6. The van der Waals surface area contributed by atoms with Crippen LogP contribution in [-0.2, 0) is 21.2 Å². The van der Waals surface area contributed by atoms with Gasteiger partial charge in [-0.2, -0.15) is 5.10 Å². The molecule has 1 atom stereocenters. The van der Waals surface area contributed by atoms with Gasteiger partial charge in [0, 0.05) is 17.1 Å². The van der Waals surface area contributed by atoms with Crippen molar-refractivity contribution in [1.29, 1.82) is 0 Å². The molecule has 0 aliphatic carbocycles. The van der Waals surface area contributed by atoms with Gasteiger partial charge >= 0.3 is 0 Å². The van der Waals surface area contributed by atoms with Crippen LogP contribution in [0.5, 0.6) is 0 Å². The van der Waals surface area contributed by atoms with Crippen LogP contribution in [0.2, 0.25) is 5.02 Å². The number of hydrogen-bond donors (Lipinski definition) is 1. The lowest BCUT2D eigenvalue weighted by atomic mass is 10.2. The molecule has 0 radical (unpaired) electrons. The van der Waals surface area contributed by atoms with E-state index in [2.05, 4.69) is 10.4 Å². The highest BCUT2D eigenvalue weighted by Gasteiger charge is 2.21. The fraction of sp³-hybridized carbons (Fsp3) is 0.312. The summed E-state index contributed by atoms with van der Waals surface area (Å²) in [5.74, 6) is -0.412. The fourth-order valence-corrected chi connectivity index (χ4v) is 3.29. The van der Waals surface area contributed by atoms with Gasteiger partial charge < -0.3 is 5.32 Å². The van der Waals surface area contributed by atoms with Crippen LogP contribution in [0.15, 0.2) is 51.1 Å². The Bertz CT molecular complexity index is 923. The molecule has 0 saturated heterocycles. The van der Waals surface area contributed by atoms with Gasteiger partial charge in [0.15, 0.2) is 5.03 Å². The quantitative estimate of drug-likeness (QED) is 0.817. The van der Waals surface area contributed by atoms with Gasteiger partial charge in [0.1, 0.15) is 6.54 Å². The number of rotatable bonds is 6. The second-order valence-electron chi connectivity index (χ2n) is 5.50. The average Bonchev–Trinajstić information content (AvgIpc) is 2.56. The molecule has 2 rings (SSSR count). The van der Waals surface area contributed by atoms with Crippen LogP contribution in [0, 0.1) is 0 Å².